The Morgan fingerprint density at radius 1 is 1.56 bits per heavy atom. The highest BCUT2D eigenvalue weighted by Crippen LogP contribution is 2.09. The standard InChI is InChI=1S/C11H21N5/c1-9(2)16-11(13-8-14-16)7-15-5-4-12-10(3)6-15/h8-10,12H,4-7H2,1-3H3/t10-/m0/s1. The highest BCUT2D eigenvalue weighted by atomic mass is 15.4. The fraction of sp³-hybridized carbons (Fsp3) is 0.818. The maximum Gasteiger partial charge on any atom is 0.141 e. The molecular formula is C11H21N5. The lowest BCUT2D eigenvalue weighted by Gasteiger charge is -2.31. The Bertz CT molecular complexity index is 333. The lowest BCUT2D eigenvalue weighted by Crippen LogP contribution is -2.48. The van der Waals surface area contributed by atoms with Gasteiger partial charge in [0.15, 0.2) is 0 Å². The van der Waals surface area contributed by atoms with Gasteiger partial charge in [0.25, 0.3) is 0 Å². The summed E-state index contributed by atoms with van der Waals surface area (Å²) >= 11 is 0. The summed E-state index contributed by atoms with van der Waals surface area (Å²) in [4.78, 5) is 6.78. The van der Waals surface area contributed by atoms with E-state index in [1.54, 1.807) is 6.33 Å². The lowest BCUT2D eigenvalue weighted by molar-refractivity contribution is 0.191. The summed E-state index contributed by atoms with van der Waals surface area (Å²) in [6.45, 7) is 10.7. The molecule has 5 heteroatoms. The second-order valence-corrected chi connectivity index (χ2v) is 4.80. The second kappa shape index (κ2) is 4.93. The lowest BCUT2D eigenvalue weighted by atomic mass is 10.2. The summed E-state index contributed by atoms with van der Waals surface area (Å²) < 4.78 is 2.01. The van der Waals surface area contributed by atoms with Gasteiger partial charge in [-0.2, -0.15) is 5.10 Å². The Hall–Kier alpha value is -0.940. The van der Waals surface area contributed by atoms with Crippen LogP contribution in [0.25, 0.3) is 0 Å². The van der Waals surface area contributed by atoms with Gasteiger partial charge in [0.1, 0.15) is 12.2 Å². The fourth-order valence-corrected chi connectivity index (χ4v) is 2.17. The number of rotatable bonds is 3. The number of nitrogens with one attached hydrogen (secondary N) is 1. The molecule has 2 rings (SSSR count). The van der Waals surface area contributed by atoms with Crippen LogP contribution in [0.3, 0.4) is 0 Å². The molecule has 1 aliphatic rings. The molecule has 0 radical (unpaired) electrons. The van der Waals surface area contributed by atoms with E-state index in [1.165, 1.54) is 0 Å². The Labute approximate surface area is 96.8 Å². The van der Waals surface area contributed by atoms with Crippen LogP contribution < -0.4 is 5.32 Å². The van der Waals surface area contributed by atoms with Crippen LogP contribution in [-0.4, -0.2) is 45.3 Å². The second-order valence-electron chi connectivity index (χ2n) is 4.80. The van der Waals surface area contributed by atoms with Crippen molar-refractivity contribution in [3.8, 4) is 0 Å². The van der Waals surface area contributed by atoms with E-state index in [0.717, 1.165) is 32.0 Å². The van der Waals surface area contributed by atoms with E-state index in [2.05, 4.69) is 41.1 Å². The molecule has 2 heterocycles. The van der Waals surface area contributed by atoms with Gasteiger partial charge in [-0.15, -0.1) is 0 Å². The first-order valence-corrected chi connectivity index (χ1v) is 6.01. The number of piperazine rings is 1. The SMILES string of the molecule is CC(C)n1ncnc1CN1CCN[C@@H](C)C1. The van der Waals surface area contributed by atoms with E-state index in [1.807, 2.05) is 4.68 Å². The number of nitrogens with zero attached hydrogens (tertiary/aromatic N) is 4. The molecule has 0 spiro atoms. The van der Waals surface area contributed by atoms with Crippen molar-refractivity contribution in [3.05, 3.63) is 12.2 Å². The van der Waals surface area contributed by atoms with E-state index in [-0.39, 0.29) is 0 Å². The number of hydrogen-bond donors (Lipinski definition) is 1. The van der Waals surface area contributed by atoms with Crippen LogP contribution in [0.5, 0.6) is 0 Å². The van der Waals surface area contributed by atoms with Crippen molar-refractivity contribution in [1.29, 1.82) is 0 Å². The minimum absolute atomic E-state index is 0.387. The molecule has 1 fully saturated rings. The summed E-state index contributed by atoms with van der Waals surface area (Å²) in [5, 5.41) is 7.71. The van der Waals surface area contributed by atoms with Gasteiger partial charge in [-0.05, 0) is 20.8 Å². The summed E-state index contributed by atoms with van der Waals surface area (Å²) in [6.07, 6.45) is 1.65. The number of hydrogen-bond acceptors (Lipinski definition) is 4. The van der Waals surface area contributed by atoms with Crippen molar-refractivity contribution in [2.24, 2.45) is 0 Å². The van der Waals surface area contributed by atoms with Gasteiger partial charge in [0, 0.05) is 31.7 Å². The molecule has 0 aliphatic carbocycles. The van der Waals surface area contributed by atoms with Gasteiger partial charge >= 0.3 is 0 Å². The van der Waals surface area contributed by atoms with E-state index < -0.39 is 0 Å². The highest BCUT2D eigenvalue weighted by molar-refractivity contribution is 4.88. The minimum atomic E-state index is 0.387. The van der Waals surface area contributed by atoms with E-state index in [9.17, 15) is 0 Å². The maximum atomic E-state index is 4.35. The minimum Gasteiger partial charge on any atom is -0.312 e. The monoisotopic (exact) mass is 223 g/mol. The zero-order chi connectivity index (χ0) is 11.5. The highest BCUT2D eigenvalue weighted by Gasteiger charge is 2.18. The average Bonchev–Trinajstić information content (AvgIpc) is 2.66. The van der Waals surface area contributed by atoms with Crippen molar-refractivity contribution in [3.63, 3.8) is 0 Å². The zero-order valence-electron chi connectivity index (χ0n) is 10.3. The van der Waals surface area contributed by atoms with Crippen LogP contribution in [0.2, 0.25) is 0 Å². The molecule has 0 aromatic carbocycles. The van der Waals surface area contributed by atoms with Crippen molar-refractivity contribution in [2.45, 2.75) is 39.4 Å². The molecule has 1 saturated heterocycles. The van der Waals surface area contributed by atoms with Crippen LogP contribution in [0.4, 0.5) is 0 Å². The van der Waals surface area contributed by atoms with Crippen molar-refractivity contribution >= 4 is 0 Å². The first-order chi connectivity index (χ1) is 7.66. The van der Waals surface area contributed by atoms with Gasteiger partial charge in [0.05, 0.1) is 6.54 Å². The van der Waals surface area contributed by atoms with Crippen LogP contribution in [-0.2, 0) is 6.54 Å². The Morgan fingerprint density at radius 3 is 3.06 bits per heavy atom. The predicted octanol–water partition coefficient (Wildman–Crippen LogP) is 0.653. The third kappa shape index (κ3) is 2.59. The Balaban J connectivity index is 2.00. The van der Waals surface area contributed by atoms with Gasteiger partial charge in [0.2, 0.25) is 0 Å². The molecule has 90 valence electrons. The summed E-state index contributed by atoms with van der Waals surface area (Å²) in [6, 6.07) is 0.960. The number of aromatic nitrogens is 3. The quantitative estimate of drug-likeness (QED) is 0.817. The van der Waals surface area contributed by atoms with Gasteiger partial charge in [-0.3, -0.25) is 4.90 Å². The fourth-order valence-electron chi connectivity index (χ4n) is 2.17. The van der Waals surface area contributed by atoms with Gasteiger partial charge < -0.3 is 5.32 Å². The van der Waals surface area contributed by atoms with E-state index in [0.29, 0.717) is 12.1 Å². The Kier molecular flexibility index (Phi) is 3.56. The molecule has 0 amide bonds. The van der Waals surface area contributed by atoms with E-state index in [4.69, 9.17) is 0 Å². The molecule has 1 aliphatic heterocycles. The van der Waals surface area contributed by atoms with Crippen LogP contribution >= 0.6 is 0 Å². The predicted molar refractivity (Wildman–Crippen MR) is 63.1 cm³/mol. The largest absolute Gasteiger partial charge is 0.312 e. The molecule has 0 bridgehead atoms. The molecule has 0 unspecified atom stereocenters. The third-order valence-electron chi connectivity index (χ3n) is 2.95. The summed E-state index contributed by atoms with van der Waals surface area (Å²) in [7, 11) is 0. The normalized spacial score (nSPS) is 22.9. The first kappa shape index (κ1) is 11.5. The van der Waals surface area contributed by atoms with Gasteiger partial charge in [-0.1, -0.05) is 0 Å². The van der Waals surface area contributed by atoms with Crippen LogP contribution in [0.1, 0.15) is 32.6 Å². The van der Waals surface area contributed by atoms with Crippen LogP contribution in [0.15, 0.2) is 6.33 Å². The molecule has 0 saturated carbocycles. The average molecular weight is 223 g/mol. The van der Waals surface area contributed by atoms with Crippen molar-refractivity contribution in [1.82, 2.24) is 25.0 Å². The van der Waals surface area contributed by atoms with Crippen molar-refractivity contribution < 1.29 is 0 Å². The van der Waals surface area contributed by atoms with Gasteiger partial charge in [-0.25, -0.2) is 9.67 Å². The third-order valence-corrected chi connectivity index (χ3v) is 2.95. The molecule has 1 atom stereocenters. The smallest absolute Gasteiger partial charge is 0.141 e. The Morgan fingerprint density at radius 2 is 2.38 bits per heavy atom. The summed E-state index contributed by atoms with van der Waals surface area (Å²) in [5.74, 6) is 1.07. The zero-order valence-corrected chi connectivity index (χ0v) is 10.3. The maximum absolute atomic E-state index is 4.35. The molecule has 1 N–H and O–H groups in total. The molecule has 1 aromatic heterocycles. The first-order valence-electron chi connectivity index (χ1n) is 6.01. The molecule has 5 nitrogen and oxygen atoms in total. The molecule has 16 heavy (non-hydrogen) atoms. The molecular weight excluding hydrogens is 202 g/mol. The van der Waals surface area contributed by atoms with Crippen molar-refractivity contribution in [2.75, 3.05) is 19.6 Å². The topological polar surface area (TPSA) is 46.0 Å². The molecule has 1 aromatic rings. The summed E-state index contributed by atoms with van der Waals surface area (Å²) in [5.41, 5.74) is 0. The van der Waals surface area contributed by atoms with Crippen LogP contribution in [0, 0.1) is 0 Å². The van der Waals surface area contributed by atoms with E-state index >= 15 is 0 Å².